The summed E-state index contributed by atoms with van der Waals surface area (Å²) < 4.78 is 17.5. The number of ether oxygens (including phenoxy) is 3. The summed E-state index contributed by atoms with van der Waals surface area (Å²) in [5, 5.41) is 9.70. The number of likely N-dealkylation sites (tertiary alicyclic amines) is 1. The molecule has 12 nitrogen and oxygen atoms in total. The van der Waals surface area contributed by atoms with Crippen LogP contribution in [-0.2, 0) is 39.8 Å². The average Bonchev–Trinajstić information content (AvgIpc) is 3.92. The van der Waals surface area contributed by atoms with Crippen LogP contribution < -0.4 is 16.0 Å². The number of fused-ring (bicyclic) bond motifs is 2. The molecule has 2 aliphatic heterocycles. The lowest BCUT2D eigenvalue weighted by Gasteiger charge is -2.41. The fraction of sp³-hybridized carbons (Fsp3) is 0.756. The first-order chi connectivity index (χ1) is 25.3. The number of methoxy groups -OCH3 is 3. The van der Waals surface area contributed by atoms with Crippen molar-refractivity contribution in [2.45, 2.75) is 134 Å². The van der Waals surface area contributed by atoms with Gasteiger partial charge < -0.3 is 40.0 Å². The largest absolute Gasteiger partial charge is 0.383 e. The average molecular weight is 742 g/mol. The van der Waals surface area contributed by atoms with Gasteiger partial charge in [0.15, 0.2) is 0 Å². The van der Waals surface area contributed by atoms with Crippen LogP contribution in [0.2, 0.25) is 0 Å². The fourth-order valence-corrected chi connectivity index (χ4v) is 9.02. The number of benzene rings is 1. The zero-order chi connectivity index (χ0) is 38.8. The van der Waals surface area contributed by atoms with Crippen molar-refractivity contribution in [3.63, 3.8) is 0 Å². The van der Waals surface area contributed by atoms with Crippen LogP contribution in [0.25, 0.3) is 0 Å². The molecule has 3 unspecified atom stereocenters. The van der Waals surface area contributed by atoms with Gasteiger partial charge in [0.05, 0.1) is 55.3 Å². The Kier molecular flexibility index (Phi) is 16.1. The molecule has 0 aromatic heterocycles. The Hall–Kier alpha value is -3.06. The van der Waals surface area contributed by atoms with Crippen LogP contribution in [0.15, 0.2) is 30.3 Å². The van der Waals surface area contributed by atoms with Gasteiger partial charge in [-0.2, -0.15) is 0 Å². The van der Waals surface area contributed by atoms with Crippen molar-refractivity contribution >= 4 is 23.6 Å². The predicted molar refractivity (Wildman–Crippen MR) is 205 cm³/mol. The van der Waals surface area contributed by atoms with E-state index in [9.17, 15) is 19.2 Å². The fourth-order valence-electron chi connectivity index (χ4n) is 9.02. The normalized spacial score (nSPS) is 25.0. The third kappa shape index (κ3) is 10.6. The van der Waals surface area contributed by atoms with Gasteiger partial charge in [0.1, 0.15) is 6.04 Å². The smallest absolute Gasteiger partial charge is 0.245 e. The molecule has 1 saturated carbocycles. The molecule has 4 rings (SSSR count). The second-order valence-electron chi connectivity index (χ2n) is 16.1. The molecule has 1 aromatic rings. The summed E-state index contributed by atoms with van der Waals surface area (Å²) in [6, 6.07) is 8.48. The number of nitrogens with zero attached hydrogens (tertiary/aromatic N) is 2. The molecule has 12 heteroatoms. The van der Waals surface area contributed by atoms with Crippen molar-refractivity contribution in [3.05, 3.63) is 35.9 Å². The van der Waals surface area contributed by atoms with E-state index in [0.717, 1.165) is 37.7 Å². The van der Waals surface area contributed by atoms with Crippen LogP contribution in [-0.4, -0.2) is 123 Å². The standard InChI is InChI=1S/C41H67N5O7/c1-10-26(4)37(45(6)41(50)35(25(2)3)44-40(49)36-29-18-19-30(22-29)42-36)33(52-8)23-34(47)46-20-14-17-32(46)38(53-9)27(5)39(48)43-31(24-51-7)21-28-15-12-11-13-16-28/h11-13,15-16,25-27,29-33,35-38,42H,10,14,17-24H2,1-9H3,(H,43,48)(H,44,49)/t26-,27+,29-,30+,31?,32?,33+,35?,36-,37-,38+/m0/s1. The summed E-state index contributed by atoms with van der Waals surface area (Å²) in [4.78, 5) is 59.1. The van der Waals surface area contributed by atoms with E-state index in [0.29, 0.717) is 38.0 Å². The summed E-state index contributed by atoms with van der Waals surface area (Å²) in [6.07, 6.45) is 5.02. The van der Waals surface area contributed by atoms with E-state index >= 15 is 0 Å². The minimum atomic E-state index is -0.706. The first kappa shape index (κ1) is 42.7. The lowest BCUT2D eigenvalue weighted by molar-refractivity contribution is -0.147. The number of nitrogens with one attached hydrogen (secondary N) is 3. The van der Waals surface area contributed by atoms with Gasteiger partial charge in [-0.1, -0.05) is 71.4 Å². The van der Waals surface area contributed by atoms with Gasteiger partial charge in [0.2, 0.25) is 23.6 Å². The minimum Gasteiger partial charge on any atom is -0.383 e. The van der Waals surface area contributed by atoms with Gasteiger partial charge in [-0.15, -0.1) is 0 Å². The molecule has 2 saturated heterocycles. The van der Waals surface area contributed by atoms with Crippen LogP contribution >= 0.6 is 0 Å². The number of likely N-dealkylation sites (N-methyl/N-ethyl adjacent to an activating group) is 1. The number of rotatable bonds is 20. The second kappa shape index (κ2) is 20.0. The molecule has 11 atom stereocenters. The highest BCUT2D eigenvalue weighted by molar-refractivity contribution is 5.90. The number of amides is 4. The Balaban J connectivity index is 1.44. The monoisotopic (exact) mass is 742 g/mol. The van der Waals surface area contributed by atoms with E-state index in [2.05, 4.69) is 29.8 Å². The Morgan fingerprint density at radius 2 is 1.70 bits per heavy atom. The quantitative estimate of drug-likeness (QED) is 0.185. The third-order valence-corrected chi connectivity index (χ3v) is 12.2. The molecule has 1 aliphatic carbocycles. The van der Waals surface area contributed by atoms with E-state index in [1.807, 2.05) is 56.0 Å². The Morgan fingerprint density at radius 3 is 2.26 bits per heavy atom. The van der Waals surface area contributed by atoms with E-state index in [1.165, 1.54) is 0 Å². The topological polar surface area (TPSA) is 139 Å². The van der Waals surface area contributed by atoms with E-state index in [-0.39, 0.29) is 60.0 Å². The number of hydrogen-bond donors (Lipinski definition) is 3. The summed E-state index contributed by atoms with van der Waals surface area (Å²) in [6.45, 7) is 10.8. The van der Waals surface area contributed by atoms with E-state index in [4.69, 9.17) is 14.2 Å². The summed E-state index contributed by atoms with van der Waals surface area (Å²) in [7, 11) is 6.58. The van der Waals surface area contributed by atoms with Crippen molar-refractivity contribution in [3.8, 4) is 0 Å². The number of hydrogen-bond acceptors (Lipinski definition) is 8. The maximum atomic E-state index is 14.2. The first-order valence-electron chi connectivity index (χ1n) is 19.9. The molecule has 3 aliphatic rings. The van der Waals surface area contributed by atoms with Crippen molar-refractivity contribution < 1.29 is 33.4 Å². The highest BCUT2D eigenvalue weighted by Crippen LogP contribution is 2.35. The summed E-state index contributed by atoms with van der Waals surface area (Å²) in [5.41, 5.74) is 1.10. The van der Waals surface area contributed by atoms with Crippen molar-refractivity contribution in [2.75, 3.05) is 41.5 Å². The number of carbonyl (C=O) groups excluding carboxylic acids is 4. The highest BCUT2D eigenvalue weighted by Gasteiger charge is 2.45. The molecule has 298 valence electrons. The molecule has 53 heavy (non-hydrogen) atoms. The van der Waals surface area contributed by atoms with Gasteiger partial charge >= 0.3 is 0 Å². The van der Waals surface area contributed by atoms with E-state index < -0.39 is 30.2 Å². The molecule has 2 heterocycles. The van der Waals surface area contributed by atoms with Crippen molar-refractivity contribution in [2.24, 2.45) is 23.7 Å². The highest BCUT2D eigenvalue weighted by atomic mass is 16.5. The molecule has 0 radical (unpaired) electrons. The maximum Gasteiger partial charge on any atom is 0.245 e. The predicted octanol–water partition coefficient (Wildman–Crippen LogP) is 3.56. The summed E-state index contributed by atoms with van der Waals surface area (Å²) in [5.74, 6) is -0.879. The Morgan fingerprint density at radius 1 is 0.981 bits per heavy atom. The second-order valence-corrected chi connectivity index (χ2v) is 16.1. The van der Waals surface area contributed by atoms with Crippen LogP contribution in [0.3, 0.4) is 0 Å². The van der Waals surface area contributed by atoms with Crippen LogP contribution in [0.4, 0.5) is 0 Å². The van der Waals surface area contributed by atoms with Crippen molar-refractivity contribution in [1.82, 2.24) is 25.8 Å². The molecule has 2 bridgehead atoms. The Labute approximate surface area is 317 Å². The minimum absolute atomic E-state index is 0.0122. The number of carbonyl (C=O) groups is 4. The zero-order valence-electron chi connectivity index (χ0n) is 33.6. The Bertz CT molecular complexity index is 1350. The number of piperidine rings is 1. The molecule has 1 aromatic carbocycles. The lowest BCUT2D eigenvalue weighted by atomic mass is 9.89. The van der Waals surface area contributed by atoms with Gasteiger partial charge in [0, 0.05) is 41.0 Å². The molecular weight excluding hydrogens is 674 g/mol. The van der Waals surface area contributed by atoms with Gasteiger partial charge in [-0.05, 0) is 61.8 Å². The first-order valence-corrected chi connectivity index (χ1v) is 19.9. The molecular formula is C41H67N5O7. The molecule has 0 spiro atoms. The van der Waals surface area contributed by atoms with Gasteiger partial charge in [0.25, 0.3) is 0 Å². The van der Waals surface area contributed by atoms with E-state index in [1.54, 1.807) is 33.3 Å². The molecule has 3 N–H and O–H groups in total. The van der Waals surface area contributed by atoms with Crippen LogP contribution in [0, 0.1) is 23.7 Å². The third-order valence-electron chi connectivity index (χ3n) is 12.2. The van der Waals surface area contributed by atoms with Crippen molar-refractivity contribution in [1.29, 1.82) is 0 Å². The van der Waals surface area contributed by atoms with Crippen LogP contribution in [0.1, 0.15) is 85.1 Å². The maximum absolute atomic E-state index is 14.2. The SMILES string of the molecule is CC[C@H](C)[C@@H]([C@@H](CC(=O)N1CCCC1[C@H](OC)[C@@H](C)C(=O)NC(COC)Cc1ccccc1)OC)N(C)C(=O)C(NC(=O)[C@H]1N[C@@H]2CC[C@H]1C2)C(C)C. The summed E-state index contributed by atoms with van der Waals surface area (Å²) >= 11 is 0. The zero-order valence-corrected chi connectivity index (χ0v) is 33.6. The molecule has 4 amide bonds. The van der Waals surface area contributed by atoms with Gasteiger partial charge in [-0.25, -0.2) is 0 Å². The van der Waals surface area contributed by atoms with Crippen LogP contribution in [0.5, 0.6) is 0 Å². The molecule has 3 fully saturated rings. The lowest BCUT2D eigenvalue weighted by Crippen LogP contribution is -2.60. The van der Waals surface area contributed by atoms with Gasteiger partial charge in [-0.3, -0.25) is 19.2 Å².